The molecule has 25 heavy (non-hydrogen) atoms. The van der Waals surface area contributed by atoms with Gasteiger partial charge < -0.3 is 9.84 Å². The number of thioether (sulfide) groups is 1. The van der Waals surface area contributed by atoms with E-state index in [2.05, 4.69) is 6.92 Å². The Hall–Kier alpha value is -0.720. The number of alkyl halides is 3. The molecule has 1 aromatic carbocycles. The average Bonchev–Trinajstić information content (AvgIpc) is 2.57. The van der Waals surface area contributed by atoms with Crippen LogP contribution in [0.1, 0.15) is 56.6 Å². The average molecular weight is 378 g/mol. The van der Waals surface area contributed by atoms with Crippen molar-refractivity contribution in [3.63, 3.8) is 0 Å². The number of rotatable bonds is 13. The summed E-state index contributed by atoms with van der Waals surface area (Å²) in [7, 11) is 0. The van der Waals surface area contributed by atoms with Crippen molar-refractivity contribution in [2.75, 3.05) is 19.0 Å². The van der Waals surface area contributed by atoms with Crippen LogP contribution >= 0.6 is 11.8 Å². The second-order valence-corrected chi connectivity index (χ2v) is 7.24. The maximum Gasteiger partial charge on any atom is 0.416 e. The summed E-state index contributed by atoms with van der Waals surface area (Å²) in [6.45, 7) is 3.18. The SMILES string of the molecule is CCCCCCCCOCC(O)CSCc1ccc(C(F)(F)F)cc1. The van der Waals surface area contributed by atoms with Gasteiger partial charge >= 0.3 is 6.18 Å². The number of ether oxygens (including phenoxy) is 1. The fraction of sp³-hybridized carbons (Fsp3) is 0.684. The third-order valence-electron chi connectivity index (χ3n) is 3.81. The molecule has 6 heteroatoms. The highest BCUT2D eigenvalue weighted by Gasteiger charge is 2.29. The van der Waals surface area contributed by atoms with Gasteiger partial charge in [-0.25, -0.2) is 0 Å². The smallest absolute Gasteiger partial charge is 0.390 e. The first-order valence-electron chi connectivity index (χ1n) is 8.93. The third-order valence-corrected chi connectivity index (χ3v) is 4.97. The lowest BCUT2D eigenvalue weighted by Gasteiger charge is -2.11. The molecule has 0 bridgehead atoms. The van der Waals surface area contributed by atoms with E-state index in [0.29, 0.717) is 24.7 Å². The molecule has 2 nitrogen and oxygen atoms in total. The minimum absolute atomic E-state index is 0.314. The second kappa shape index (κ2) is 12.6. The van der Waals surface area contributed by atoms with Gasteiger partial charge in [-0.15, -0.1) is 0 Å². The Morgan fingerprint density at radius 3 is 2.32 bits per heavy atom. The van der Waals surface area contributed by atoms with Gasteiger partial charge in [0, 0.05) is 18.1 Å². The van der Waals surface area contributed by atoms with Gasteiger partial charge in [-0.05, 0) is 24.1 Å². The molecule has 0 aliphatic rings. The zero-order valence-electron chi connectivity index (χ0n) is 14.9. The molecule has 1 aromatic rings. The fourth-order valence-electron chi connectivity index (χ4n) is 2.35. The minimum Gasteiger partial charge on any atom is -0.390 e. The molecule has 0 spiro atoms. The normalized spacial score (nSPS) is 13.2. The minimum atomic E-state index is -4.30. The first-order chi connectivity index (χ1) is 11.9. The zero-order chi connectivity index (χ0) is 18.5. The molecule has 0 aromatic heterocycles. The zero-order valence-corrected chi connectivity index (χ0v) is 15.7. The highest BCUT2D eigenvalue weighted by atomic mass is 32.2. The number of aliphatic hydroxyl groups excluding tert-OH is 1. The summed E-state index contributed by atoms with van der Waals surface area (Å²) < 4.78 is 42.9. The van der Waals surface area contributed by atoms with Gasteiger partial charge in [0.1, 0.15) is 0 Å². The highest BCUT2D eigenvalue weighted by Crippen LogP contribution is 2.29. The lowest BCUT2D eigenvalue weighted by Crippen LogP contribution is -2.18. The summed E-state index contributed by atoms with van der Waals surface area (Å²) in [5, 5.41) is 9.86. The molecule has 1 N–H and O–H groups in total. The van der Waals surface area contributed by atoms with E-state index in [4.69, 9.17) is 4.74 Å². The van der Waals surface area contributed by atoms with Crippen LogP contribution in [0, 0.1) is 0 Å². The number of halogens is 3. The van der Waals surface area contributed by atoms with Crippen molar-refractivity contribution < 1.29 is 23.0 Å². The van der Waals surface area contributed by atoms with Crippen molar-refractivity contribution in [3.8, 4) is 0 Å². The van der Waals surface area contributed by atoms with E-state index in [0.717, 1.165) is 24.1 Å². The molecule has 0 radical (unpaired) electrons. The van der Waals surface area contributed by atoms with Gasteiger partial charge in [-0.3, -0.25) is 0 Å². The molecule has 1 unspecified atom stereocenters. The Morgan fingerprint density at radius 1 is 1.04 bits per heavy atom. The number of benzene rings is 1. The van der Waals surface area contributed by atoms with Crippen LogP contribution in [0.3, 0.4) is 0 Å². The molecule has 0 fully saturated rings. The van der Waals surface area contributed by atoms with Crippen LogP contribution in [0.15, 0.2) is 24.3 Å². The van der Waals surface area contributed by atoms with Gasteiger partial charge in [0.05, 0.1) is 18.3 Å². The molecule has 0 heterocycles. The predicted molar refractivity (Wildman–Crippen MR) is 97.8 cm³/mol. The molecule has 1 atom stereocenters. The van der Waals surface area contributed by atoms with Gasteiger partial charge in [0.2, 0.25) is 0 Å². The van der Waals surface area contributed by atoms with Crippen LogP contribution in [0.25, 0.3) is 0 Å². The molecule has 0 saturated heterocycles. The van der Waals surface area contributed by atoms with E-state index >= 15 is 0 Å². The first kappa shape index (κ1) is 22.3. The summed E-state index contributed by atoms with van der Waals surface area (Å²) in [4.78, 5) is 0. The summed E-state index contributed by atoms with van der Waals surface area (Å²) in [6.07, 6.45) is 2.40. The third kappa shape index (κ3) is 10.8. The maximum atomic E-state index is 12.5. The Kier molecular flexibility index (Phi) is 11.3. The van der Waals surface area contributed by atoms with Gasteiger partial charge in [-0.2, -0.15) is 24.9 Å². The highest BCUT2D eigenvalue weighted by molar-refractivity contribution is 7.98. The van der Waals surface area contributed by atoms with Crippen molar-refractivity contribution >= 4 is 11.8 Å². The summed E-state index contributed by atoms with van der Waals surface area (Å²) in [5.41, 5.74) is 0.183. The topological polar surface area (TPSA) is 29.5 Å². The van der Waals surface area contributed by atoms with Gasteiger partial charge in [0.15, 0.2) is 0 Å². The number of unbranched alkanes of at least 4 members (excludes halogenated alkanes) is 5. The number of aliphatic hydroxyl groups is 1. The Morgan fingerprint density at radius 2 is 1.68 bits per heavy atom. The van der Waals surface area contributed by atoms with E-state index in [1.807, 2.05) is 0 Å². The maximum absolute atomic E-state index is 12.5. The molecular formula is C19H29F3O2S. The van der Waals surface area contributed by atoms with E-state index in [1.165, 1.54) is 56.0 Å². The van der Waals surface area contributed by atoms with Crippen molar-refractivity contribution in [3.05, 3.63) is 35.4 Å². The number of hydrogen-bond acceptors (Lipinski definition) is 3. The summed E-state index contributed by atoms with van der Waals surface area (Å²) in [5.74, 6) is 1.09. The largest absolute Gasteiger partial charge is 0.416 e. The van der Waals surface area contributed by atoms with E-state index in [9.17, 15) is 18.3 Å². The summed E-state index contributed by atoms with van der Waals surface area (Å²) in [6, 6.07) is 5.15. The lowest BCUT2D eigenvalue weighted by molar-refractivity contribution is -0.137. The first-order valence-corrected chi connectivity index (χ1v) is 10.1. The van der Waals surface area contributed by atoms with Crippen molar-refractivity contribution in [2.45, 2.75) is 63.5 Å². The second-order valence-electron chi connectivity index (χ2n) is 6.21. The Balaban J connectivity index is 2.06. The van der Waals surface area contributed by atoms with E-state index in [-0.39, 0.29) is 0 Å². The molecular weight excluding hydrogens is 349 g/mol. The van der Waals surface area contributed by atoms with E-state index in [1.54, 1.807) is 0 Å². The van der Waals surface area contributed by atoms with Crippen LogP contribution in [0.4, 0.5) is 13.2 Å². The number of hydrogen-bond donors (Lipinski definition) is 1. The van der Waals surface area contributed by atoms with Crippen molar-refractivity contribution in [1.29, 1.82) is 0 Å². The van der Waals surface area contributed by atoms with Gasteiger partial charge in [0.25, 0.3) is 0 Å². The molecule has 0 saturated carbocycles. The van der Waals surface area contributed by atoms with Crippen LogP contribution < -0.4 is 0 Å². The van der Waals surface area contributed by atoms with Crippen LogP contribution in [0.5, 0.6) is 0 Å². The predicted octanol–water partition coefficient (Wildman–Crippen LogP) is 5.68. The summed E-state index contributed by atoms with van der Waals surface area (Å²) >= 11 is 1.49. The Bertz CT molecular complexity index is 449. The standard InChI is InChI=1S/C19H29F3O2S/c1-2-3-4-5-6-7-12-24-13-18(23)15-25-14-16-8-10-17(11-9-16)19(20,21)22/h8-11,18,23H,2-7,12-15H2,1H3. The molecule has 1 rings (SSSR count). The lowest BCUT2D eigenvalue weighted by atomic mass is 10.1. The van der Waals surface area contributed by atoms with E-state index < -0.39 is 17.8 Å². The molecule has 0 aliphatic heterocycles. The van der Waals surface area contributed by atoms with Crippen LogP contribution in [0.2, 0.25) is 0 Å². The van der Waals surface area contributed by atoms with Crippen LogP contribution in [-0.2, 0) is 16.7 Å². The van der Waals surface area contributed by atoms with Crippen molar-refractivity contribution in [2.24, 2.45) is 0 Å². The monoisotopic (exact) mass is 378 g/mol. The Labute approximate surface area is 153 Å². The fourth-order valence-corrected chi connectivity index (χ4v) is 3.27. The molecule has 0 amide bonds. The van der Waals surface area contributed by atoms with Crippen molar-refractivity contribution in [1.82, 2.24) is 0 Å². The van der Waals surface area contributed by atoms with Gasteiger partial charge in [-0.1, -0.05) is 51.2 Å². The molecule has 144 valence electrons. The van der Waals surface area contributed by atoms with Crippen LogP contribution in [-0.4, -0.2) is 30.2 Å². The molecule has 0 aliphatic carbocycles. The quantitative estimate of drug-likeness (QED) is 0.448.